The Kier molecular flexibility index (Phi) is 14.4. The van der Waals surface area contributed by atoms with Crippen molar-refractivity contribution in [3.8, 4) is 11.5 Å². The summed E-state index contributed by atoms with van der Waals surface area (Å²) in [6.07, 6.45) is 1.10. The molecule has 6 aromatic carbocycles. The van der Waals surface area contributed by atoms with E-state index in [4.69, 9.17) is 0 Å². The van der Waals surface area contributed by atoms with E-state index in [0.717, 1.165) is 12.1 Å². The zero-order chi connectivity index (χ0) is 40.9. The molecule has 0 heterocycles. The van der Waals surface area contributed by atoms with Gasteiger partial charge in [-0.3, -0.25) is 20.2 Å². The van der Waals surface area contributed by atoms with Crippen LogP contribution in [-0.2, 0) is 33.1 Å². The van der Waals surface area contributed by atoms with E-state index in [0.29, 0.717) is 34.7 Å². The van der Waals surface area contributed by atoms with Crippen LogP contribution in [-0.4, -0.2) is 94.9 Å². The molecule has 0 aliphatic carbocycles. The van der Waals surface area contributed by atoms with E-state index >= 15 is 0 Å². The van der Waals surface area contributed by atoms with Crippen LogP contribution in [0, 0.1) is 20.2 Å². The number of azo groups is 2. The Hall–Kier alpha value is -5.17. The molecule has 0 radical (unpaired) electrons. The summed E-state index contributed by atoms with van der Waals surface area (Å²) in [6.45, 7) is 3.70. The Bertz CT molecular complexity index is 2640. The maximum Gasteiger partial charge on any atom is 2.00 e. The van der Waals surface area contributed by atoms with Gasteiger partial charge in [0.15, 0.2) is 0 Å². The number of hydrogen-bond donors (Lipinski definition) is 2. The van der Waals surface area contributed by atoms with Gasteiger partial charge in [0, 0.05) is 35.0 Å². The summed E-state index contributed by atoms with van der Waals surface area (Å²) in [4.78, 5) is 19.9. The molecule has 0 spiro atoms. The summed E-state index contributed by atoms with van der Waals surface area (Å²) in [7, 11) is -9.39. The van der Waals surface area contributed by atoms with Crippen LogP contribution >= 0.6 is 0 Å². The van der Waals surface area contributed by atoms with E-state index in [9.17, 15) is 56.4 Å². The second-order valence-electron chi connectivity index (χ2n) is 11.8. The number of non-ortho nitro benzene ring substituents is 2. The van der Waals surface area contributed by atoms with Crippen molar-refractivity contribution in [1.82, 2.24) is 0 Å². The van der Waals surface area contributed by atoms with Crippen molar-refractivity contribution in [3.63, 3.8) is 0 Å². The van der Waals surface area contributed by atoms with E-state index in [2.05, 4.69) is 20.5 Å². The fourth-order valence-corrected chi connectivity index (χ4v) is 6.38. The molecule has 6 rings (SSSR count). The Morgan fingerprint density at radius 1 is 0.544 bits per heavy atom. The molecular weight excluding hydrogens is 910 g/mol. The maximum atomic E-state index is 11.3. The SMILES string of the molecule is CCc1ccc([N+](=O)[O-])cc1N=Nc1c(O)ccc2ccc(S(=O)(=O)[O-])cc12.CCc1ccc([N+](=O)[O-])cc1N=Nc1c(O)ccc2ccc(S(=O)(=O)[O-])cc12.[Ba+2]. The molecule has 0 fully saturated rings. The summed E-state index contributed by atoms with van der Waals surface area (Å²) in [5, 5.41) is 59.8. The fraction of sp³-hybridized carbons (Fsp3) is 0.111. The quantitative estimate of drug-likeness (QED) is 0.0431. The van der Waals surface area contributed by atoms with Gasteiger partial charge in [-0.05, 0) is 71.1 Å². The average molecular weight is 938 g/mol. The minimum Gasteiger partial charge on any atom is -0.744 e. The van der Waals surface area contributed by atoms with Crippen molar-refractivity contribution in [3.05, 3.63) is 128 Å². The second-order valence-corrected chi connectivity index (χ2v) is 14.5. The van der Waals surface area contributed by atoms with Gasteiger partial charge in [0.1, 0.15) is 43.1 Å². The molecule has 6 aromatic rings. The number of fused-ring (bicyclic) bond motifs is 2. The van der Waals surface area contributed by atoms with Gasteiger partial charge >= 0.3 is 48.9 Å². The number of hydrogen-bond acceptors (Lipinski definition) is 16. The first kappa shape index (κ1) is 44.5. The monoisotopic (exact) mass is 938 g/mol. The summed E-state index contributed by atoms with van der Waals surface area (Å²) in [5.41, 5.74) is 1.50. The Morgan fingerprint density at radius 3 is 1.21 bits per heavy atom. The Labute approximate surface area is 364 Å². The van der Waals surface area contributed by atoms with E-state index in [-0.39, 0.29) is 105 Å². The standard InChI is InChI=1S/2C18H15N3O6S.Ba/c2*1-2-11-3-6-13(21(23)24)9-16(11)19-20-18-15-10-14(28(25,26)27)7-4-12(15)5-8-17(18)22;/h2*3-10,22H,2H2,1H3,(H,25,26,27);/q;;+2/p-2. The zero-order valence-electron chi connectivity index (χ0n) is 29.8. The molecule has 0 atom stereocenters. The largest absolute Gasteiger partial charge is 2.00 e. The number of nitrogens with zero attached hydrogens (tertiary/aromatic N) is 6. The molecular formula is C36H28BaN6O12S2. The predicted octanol–water partition coefficient (Wildman–Crippen LogP) is 8.29. The van der Waals surface area contributed by atoms with Gasteiger partial charge in [-0.1, -0.05) is 50.2 Å². The van der Waals surface area contributed by atoms with Crippen LogP contribution in [0.3, 0.4) is 0 Å². The summed E-state index contributed by atoms with van der Waals surface area (Å²) >= 11 is 0. The van der Waals surface area contributed by atoms with Crippen LogP contribution in [0.15, 0.2) is 127 Å². The van der Waals surface area contributed by atoms with Crippen LogP contribution < -0.4 is 0 Å². The van der Waals surface area contributed by atoms with Crippen molar-refractivity contribution in [2.45, 2.75) is 36.5 Å². The number of aryl methyl sites for hydroxylation is 2. The molecule has 0 saturated carbocycles. The maximum absolute atomic E-state index is 11.3. The summed E-state index contributed by atoms with van der Waals surface area (Å²) < 4.78 is 67.8. The van der Waals surface area contributed by atoms with Crippen molar-refractivity contribution in [2.75, 3.05) is 0 Å². The average Bonchev–Trinajstić information content (AvgIpc) is 3.15. The van der Waals surface area contributed by atoms with Crippen LogP contribution in [0.4, 0.5) is 34.1 Å². The van der Waals surface area contributed by atoms with Crippen LogP contribution in [0.25, 0.3) is 21.5 Å². The molecule has 21 heteroatoms. The minimum absolute atomic E-state index is 0. The molecule has 288 valence electrons. The molecule has 57 heavy (non-hydrogen) atoms. The first-order chi connectivity index (χ1) is 26.4. The second kappa shape index (κ2) is 18.4. The third-order valence-electron chi connectivity index (χ3n) is 8.30. The van der Waals surface area contributed by atoms with E-state index < -0.39 is 39.9 Å². The van der Waals surface area contributed by atoms with Crippen LogP contribution in [0.2, 0.25) is 0 Å². The first-order valence-corrected chi connectivity index (χ1v) is 19.0. The molecule has 0 aliphatic rings. The van der Waals surface area contributed by atoms with E-state index in [1.165, 1.54) is 72.8 Å². The van der Waals surface area contributed by atoms with Crippen molar-refractivity contribution >= 4 is 125 Å². The predicted molar refractivity (Wildman–Crippen MR) is 206 cm³/mol. The van der Waals surface area contributed by atoms with Crippen molar-refractivity contribution in [1.29, 1.82) is 0 Å². The number of nitro groups is 2. The van der Waals surface area contributed by atoms with E-state index in [1.54, 1.807) is 12.1 Å². The number of nitro benzene ring substituents is 2. The van der Waals surface area contributed by atoms with Gasteiger partial charge < -0.3 is 19.3 Å². The molecule has 0 unspecified atom stereocenters. The molecule has 0 aliphatic heterocycles. The normalized spacial score (nSPS) is 11.7. The number of phenols is 2. The Balaban J connectivity index is 0.000000248. The van der Waals surface area contributed by atoms with Gasteiger partial charge in [0.05, 0.1) is 31.0 Å². The summed E-state index contributed by atoms with van der Waals surface area (Å²) in [5.74, 6) is -0.555. The summed E-state index contributed by atoms with van der Waals surface area (Å²) in [6, 6.07) is 21.6. The fourth-order valence-electron chi connectivity index (χ4n) is 5.39. The molecule has 0 amide bonds. The Morgan fingerprint density at radius 2 is 0.895 bits per heavy atom. The molecule has 0 bridgehead atoms. The van der Waals surface area contributed by atoms with Crippen LogP contribution in [0.5, 0.6) is 11.5 Å². The van der Waals surface area contributed by atoms with Gasteiger partial charge in [0.2, 0.25) is 0 Å². The third kappa shape index (κ3) is 10.6. The molecule has 0 aromatic heterocycles. The molecule has 18 nitrogen and oxygen atoms in total. The third-order valence-corrected chi connectivity index (χ3v) is 9.96. The zero-order valence-corrected chi connectivity index (χ0v) is 35.9. The molecule has 2 N–H and O–H groups in total. The molecule has 0 saturated heterocycles. The van der Waals surface area contributed by atoms with Gasteiger partial charge in [-0.25, -0.2) is 16.8 Å². The number of rotatable bonds is 10. The van der Waals surface area contributed by atoms with E-state index in [1.807, 2.05) is 13.8 Å². The number of benzene rings is 6. The topological polar surface area (TPSA) is 291 Å². The number of aromatic hydroxyl groups is 2. The van der Waals surface area contributed by atoms with Crippen LogP contribution in [0.1, 0.15) is 25.0 Å². The number of phenolic OH excluding ortho intramolecular Hbond substituents is 2. The van der Waals surface area contributed by atoms with Crippen molar-refractivity contribution in [2.24, 2.45) is 20.5 Å². The van der Waals surface area contributed by atoms with Gasteiger partial charge in [-0.15, -0.1) is 20.5 Å². The first-order valence-electron chi connectivity index (χ1n) is 16.2. The van der Waals surface area contributed by atoms with Gasteiger partial charge in [-0.2, -0.15) is 0 Å². The smallest absolute Gasteiger partial charge is 0.744 e. The van der Waals surface area contributed by atoms with Crippen molar-refractivity contribution < 1.29 is 46.0 Å². The van der Waals surface area contributed by atoms with Gasteiger partial charge in [0.25, 0.3) is 11.4 Å². The minimum atomic E-state index is -4.70.